The molecule has 1 aromatic heterocycles. The molecule has 1 aliphatic rings. The van der Waals surface area contributed by atoms with E-state index in [9.17, 15) is 4.79 Å². The van der Waals surface area contributed by atoms with Crippen molar-refractivity contribution in [3.63, 3.8) is 0 Å². The molecule has 1 aromatic carbocycles. The van der Waals surface area contributed by atoms with Gasteiger partial charge in [0.2, 0.25) is 0 Å². The first kappa shape index (κ1) is 24.3. The molecule has 3 N–H and O–H groups in total. The number of carbonyl (C=O) groups excluding carboxylic acids is 1. The Morgan fingerprint density at radius 3 is 2.80 bits per heavy atom. The molecule has 0 radical (unpaired) electrons. The molecule has 0 fully saturated rings. The van der Waals surface area contributed by atoms with Crippen molar-refractivity contribution in [1.29, 1.82) is 0 Å². The summed E-state index contributed by atoms with van der Waals surface area (Å²) in [5.41, 5.74) is 4.09. The molecule has 0 saturated heterocycles. The van der Waals surface area contributed by atoms with E-state index >= 15 is 0 Å². The van der Waals surface area contributed by atoms with E-state index < -0.39 is 0 Å². The number of aryl methyl sites for hydroxylation is 1. The summed E-state index contributed by atoms with van der Waals surface area (Å²) in [5.74, 6) is 0.569. The zero-order valence-electron chi connectivity index (χ0n) is 18.0. The minimum absolute atomic E-state index is 0. The minimum Gasteiger partial charge on any atom is -0.560 e. The van der Waals surface area contributed by atoms with Gasteiger partial charge in [0.15, 0.2) is 0 Å². The Morgan fingerprint density at radius 1 is 1.37 bits per heavy atom. The molecule has 1 atom stereocenters. The van der Waals surface area contributed by atoms with Gasteiger partial charge in [-0.1, -0.05) is 12.1 Å². The van der Waals surface area contributed by atoms with Crippen molar-refractivity contribution in [3.8, 4) is 0 Å². The maximum Gasteiger partial charge on any atom is 1.00 e. The molecule has 8 heteroatoms. The summed E-state index contributed by atoms with van der Waals surface area (Å²) >= 11 is 0. The molecule has 0 saturated carbocycles. The van der Waals surface area contributed by atoms with E-state index in [1.165, 1.54) is 0 Å². The van der Waals surface area contributed by atoms with Crippen molar-refractivity contribution in [2.24, 2.45) is 4.99 Å². The number of nitrogens with zero attached hydrogens (tertiary/aromatic N) is 3. The number of hydrogen-bond acceptors (Lipinski definition) is 5. The molecule has 150 valence electrons. The van der Waals surface area contributed by atoms with E-state index in [2.05, 4.69) is 32.1 Å². The number of aromatic nitrogens is 1. The maximum absolute atomic E-state index is 12.6. The Balaban J connectivity index is 0.00000320. The average Bonchev–Trinajstić information content (AvgIpc) is 2.69. The number of benzene rings is 1. The molecule has 2 heterocycles. The van der Waals surface area contributed by atoms with E-state index in [0.717, 1.165) is 28.3 Å². The van der Waals surface area contributed by atoms with E-state index in [1.54, 1.807) is 19.4 Å². The molecular formula is C22H25KN6O. The molecule has 0 aliphatic carbocycles. The van der Waals surface area contributed by atoms with Crippen molar-refractivity contribution in [3.05, 3.63) is 72.2 Å². The fourth-order valence-electron chi connectivity index (χ4n) is 2.87. The molecule has 7 nitrogen and oxygen atoms in total. The monoisotopic (exact) mass is 428 g/mol. The van der Waals surface area contributed by atoms with Crippen LogP contribution in [0.3, 0.4) is 0 Å². The van der Waals surface area contributed by atoms with Gasteiger partial charge in [0.1, 0.15) is 12.9 Å². The Labute approximate surface area is 220 Å². The van der Waals surface area contributed by atoms with E-state index in [-0.39, 0.29) is 63.3 Å². The van der Waals surface area contributed by atoms with Gasteiger partial charge in [0.05, 0.1) is 24.0 Å². The fraction of sp³-hybridized carbons (Fsp3) is 0.227. The van der Waals surface area contributed by atoms with Crippen LogP contribution in [0.25, 0.3) is 0 Å². The number of hydrogen-bond donors (Lipinski definition) is 3. The standard InChI is InChI=1S/C22H25N6O.K/c1-15-10-18(12-26-21(15)23-3)22(29)27-19-7-5-6-17(11-19)16(2)24-8-9-25-20-13-28(4)14-20;/h5-7,9-14,16,24H,1-4H3,(H,23,26)(H,27,29);/q-1;+1. The molecule has 1 unspecified atom stereocenters. The smallest absolute Gasteiger partial charge is 0.560 e. The third kappa shape index (κ3) is 6.51. The van der Waals surface area contributed by atoms with E-state index in [1.807, 2.05) is 68.6 Å². The van der Waals surface area contributed by atoms with Crippen LogP contribution in [0.2, 0.25) is 0 Å². The van der Waals surface area contributed by atoms with Crippen LogP contribution >= 0.6 is 0 Å². The van der Waals surface area contributed by atoms with Crippen LogP contribution in [0.4, 0.5) is 11.5 Å². The van der Waals surface area contributed by atoms with Crippen LogP contribution < -0.4 is 67.3 Å². The topological polar surface area (TPSA) is 81.4 Å². The van der Waals surface area contributed by atoms with Gasteiger partial charge in [0.25, 0.3) is 5.91 Å². The number of amides is 1. The van der Waals surface area contributed by atoms with Gasteiger partial charge in [-0.2, -0.15) is 0 Å². The summed E-state index contributed by atoms with van der Waals surface area (Å²) in [6.07, 6.45) is 8.09. The molecule has 1 amide bonds. The average molecular weight is 429 g/mol. The number of carbonyl (C=O) groups is 1. The zero-order valence-corrected chi connectivity index (χ0v) is 21.1. The minimum atomic E-state index is -0.193. The third-order valence-electron chi connectivity index (χ3n) is 4.47. The quantitative estimate of drug-likeness (QED) is 0.250. The SMILES string of the molecule is CNc1ncc(C(=O)Nc2cccc(C(C)N[C-]=CN=C3C=[N+](C)[CH-]3)c2)cc1C.[K+]. The van der Waals surface area contributed by atoms with Gasteiger partial charge in [0, 0.05) is 25.0 Å². The number of anilines is 2. The second kappa shape index (κ2) is 11.4. The number of pyridine rings is 1. The van der Waals surface area contributed by atoms with Crippen LogP contribution in [0.5, 0.6) is 0 Å². The molecule has 0 spiro atoms. The van der Waals surface area contributed by atoms with Crippen LogP contribution in [0.15, 0.2) is 47.7 Å². The Bertz CT molecular complexity index is 999. The van der Waals surface area contributed by atoms with Crippen LogP contribution in [0.1, 0.15) is 34.5 Å². The molecular weight excluding hydrogens is 403 g/mol. The predicted molar refractivity (Wildman–Crippen MR) is 116 cm³/mol. The van der Waals surface area contributed by atoms with E-state index in [0.29, 0.717) is 5.56 Å². The third-order valence-corrected chi connectivity index (χ3v) is 4.47. The van der Waals surface area contributed by atoms with Gasteiger partial charge in [-0.25, -0.2) is 4.98 Å². The number of aliphatic imine (C=N–C) groups is 1. The van der Waals surface area contributed by atoms with Gasteiger partial charge in [-0.15, -0.1) is 6.20 Å². The summed E-state index contributed by atoms with van der Waals surface area (Å²) in [4.78, 5) is 21.1. The molecule has 3 rings (SSSR count). The van der Waals surface area contributed by atoms with Gasteiger partial charge in [-0.3, -0.25) is 4.79 Å². The summed E-state index contributed by atoms with van der Waals surface area (Å²) < 4.78 is 1.94. The van der Waals surface area contributed by atoms with Crippen molar-refractivity contribution in [2.75, 3.05) is 24.7 Å². The number of rotatable bonds is 7. The molecule has 1 aliphatic heterocycles. The second-order valence-corrected chi connectivity index (χ2v) is 6.84. The van der Waals surface area contributed by atoms with Gasteiger partial charge < -0.3 is 31.7 Å². The van der Waals surface area contributed by atoms with Crippen LogP contribution in [-0.2, 0) is 0 Å². The first-order valence-electron chi connectivity index (χ1n) is 9.34. The van der Waals surface area contributed by atoms with Crippen LogP contribution in [0, 0.1) is 19.7 Å². The predicted octanol–water partition coefficient (Wildman–Crippen LogP) is -0.0575. The maximum atomic E-state index is 12.6. The summed E-state index contributed by atoms with van der Waals surface area (Å²) in [7, 11) is 3.76. The van der Waals surface area contributed by atoms with Gasteiger partial charge >= 0.3 is 51.4 Å². The molecule has 30 heavy (non-hydrogen) atoms. The summed E-state index contributed by atoms with van der Waals surface area (Å²) in [5, 5.41) is 9.09. The molecule has 0 bridgehead atoms. The zero-order chi connectivity index (χ0) is 20.8. The van der Waals surface area contributed by atoms with Crippen molar-refractivity contribution in [2.45, 2.75) is 19.9 Å². The first-order chi connectivity index (χ1) is 14.0. The summed E-state index contributed by atoms with van der Waals surface area (Å²) in [6.45, 7) is 5.86. The van der Waals surface area contributed by atoms with Gasteiger partial charge in [-0.05, 0) is 43.2 Å². The number of nitrogens with one attached hydrogen (secondary N) is 3. The fourth-order valence-corrected chi connectivity index (χ4v) is 2.87. The largest absolute Gasteiger partial charge is 1.00 e. The van der Waals surface area contributed by atoms with E-state index in [4.69, 9.17) is 0 Å². The van der Waals surface area contributed by atoms with Crippen LogP contribution in [-0.4, -0.2) is 41.5 Å². The second-order valence-electron chi connectivity index (χ2n) is 6.84. The van der Waals surface area contributed by atoms with Crippen molar-refractivity contribution < 1.29 is 60.8 Å². The van der Waals surface area contributed by atoms with Crippen molar-refractivity contribution in [1.82, 2.24) is 10.3 Å². The molecule has 2 aromatic rings. The Hall–Kier alpha value is -1.97. The summed E-state index contributed by atoms with van der Waals surface area (Å²) in [6, 6.07) is 9.54. The van der Waals surface area contributed by atoms with Crippen molar-refractivity contribution >= 4 is 29.3 Å². The Kier molecular flexibility index (Phi) is 9.25. The normalized spacial score (nSPS) is 14.8. The first-order valence-corrected chi connectivity index (χ1v) is 9.34. The Morgan fingerprint density at radius 2 is 2.13 bits per heavy atom.